The van der Waals surface area contributed by atoms with Crippen molar-refractivity contribution in [3.8, 4) is 17.1 Å². The van der Waals surface area contributed by atoms with Crippen molar-refractivity contribution in [1.82, 2.24) is 24.5 Å². The van der Waals surface area contributed by atoms with Gasteiger partial charge in [0.25, 0.3) is 0 Å². The van der Waals surface area contributed by atoms with Crippen LogP contribution in [0, 0.1) is 6.92 Å². The Hall–Kier alpha value is -3.74. The summed E-state index contributed by atoms with van der Waals surface area (Å²) >= 11 is 0. The number of carbonyl (C=O) groups is 1. The lowest BCUT2D eigenvalue weighted by Crippen LogP contribution is -2.24. The van der Waals surface area contributed by atoms with E-state index in [-0.39, 0.29) is 11.8 Å². The molecule has 3 aromatic heterocycles. The SMILES string of the molecule is Cc1cccc(-n2cc([C@H]3CC(=O)Nc4c3c(-c3ccccn3)nn4C)cn2)c1. The Morgan fingerprint density at radius 1 is 1.17 bits per heavy atom. The third-order valence-electron chi connectivity index (χ3n) is 5.26. The molecule has 4 aromatic rings. The Bertz CT molecular complexity index is 1210. The van der Waals surface area contributed by atoms with Gasteiger partial charge >= 0.3 is 0 Å². The number of carbonyl (C=O) groups excluding carboxylic acids is 1. The van der Waals surface area contributed by atoms with Gasteiger partial charge in [0.1, 0.15) is 11.5 Å². The van der Waals surface area contributed by atoms with Gasteiger partial charge in [-0.05, 0) is 42.3 Å². The zero-order chi connectivity index (χ0) is 20.0. The Morgan fingerprint density at radius 3 is 2.86 bits per heavy atom. The Morgan fingerprint density at radius 2 is 2.07 bits per heavy atom. The Kier molecular flexibility index (Phi) is 4.01. The first kappa shape index (κ1) is 17.4. The molecule has 7 heteroatoms. The van der Waals surface area contributed by atoms with E-state index in [0.29, 0.717) is 6.42 Å². The van der Waals surface area contributed by atoms with Crippen LogP contribution in [0.25, 0.3) is 17.1 Å². The summed E-state index contributed by atoms with van der Waals surface area (Å²) in [5.41, 5.74) is 5.70. The molecular formula is C22H20N6O. The van der Waals surface area contributed by atoms with Crippen molar-refractivity contribution >= 4 is 11.7 Å². The fraction of sp³-hybridized carbons (Fsp3) is 0.182. The molecule has 1 atom stereocenters. The van der Waals surface area contributed by atoms with Gasteiger partial charge in [-0.15, -0.1) is 0 Å². The van der Waals surface area contributed by atoms with E-state index in [1.54, 1.807) is 10.9 Å². The van der Waals surface area contributed by atoms with Gasteiger partial charge in [0, 0.05) is 37.3 Å². The standard InChI is InChI=1S/C22H20N6O/c1-14-6-5-7-16(10-14)28-13-15(12-24-28)17-11-19(29)25-22-20(17)21(26-27(22)2)18-8-3-4-9-23-18/h3-10,12-13,17H,11H2,1-2H3,(H,25,29)/t17-/m1/s1. The highest BCUT2D eigenvalue weighted by atomic mass is 16.1. The first-order valence-electron chi connectivity index (χ1n) is 9.50. The van der Waals surface area contributed by atoms with E-state index in [1.165, 1.54) is 5.56 Å². The second-order valence-electron chi connectivity index (χ2n) is 7.31. The normalized spacial score (nSPS) is 15.8. The summed E-state index contributed by atoms with van der Waals surface area (Å²) in [6.45, 7) is 2.06. The molecule has 0 fully saturated rings. The summed E-state index contributed by atoms with van der Waals surface area (Å²) in [5, 5.41) is 12.2. The van der Waals surface area contributed by atoms with Crippen molar-refractivity contribution in [2.45, 2.75) is 19.3 Å². The first-order valence-corrected chi connectivity index (χ1v) is 9.50. The van der Waals surface area contributed by atoms with Crippen LogP contribution < -0.4 is 5.32 Å². The van der Waals surface area contributed by atoms with Gasteiger partial charge in [0.05, 0.1) is 17.6 Å². The summed E-state index contributed by atoms with van der Waals surface area (Å²) in [6.07, 6.45) is 5.93. The minimum atomic E-state index is -0.136. The third kappa shape index (κ3) is 3.00. The van der Waals surface area contributed by atoms with Crippen LogP contribution in [0.5, 0.6) is 0 Å². The predicted octanol–water partition coefficient (Wildman–Crippen LogP) is 3.45. The van der Waals surface area contributed by atoms with Gasteiger partial charge < -0.3 is 5.32 Å². The zero-order valence-electron chi connectivity index (χ0n) is 16.2. The highest BCUT2D eigenvalue weighted by Crippen LogP contribution is 2.42. The number of benzene rings is 1. The molecule has 7 nitrogen and oxygen atoms in total. The molecule has 1 N–H and O–H groups in total. The average molecular weight is 384 g/mol. The molecule has 0 bridgehead atoms. The van der Waals surface area contributed by atoms with Gasteiger partial charge in [0.2, 0.25) is 5.91 Å². The summed E-state index contributed by atoms with van der Waals surface area (Å²) < 4.78 is 3.57. The number of amides is 1. The first-order chi connectivity index (χ1) is 14.1. The van der Waals surface area contributed by atoms with Crippen LogP contribution in [0.3, 0.4) is 0 Å². The number of rotatable bonds is 3. The molecule has 144 valence electrons. The van der Waals surface area contributed by atoms with Crippen LogP contribution in [0.15, 0.2) is 61.1 Å². The quantitative estimate of drug-likeness (QED) is 0.587. The van der Waals surface area contributed by atoms with Crippen molar-refractivity contribution in [2.24, 2.45) is 7.05 Å². The minimum Gasteiger partial charge on any atom is -0.311 e. The van der Waals surface area contributed by atoms with Gasteiger partial charge in [-0.1, -0.05) is 18.2 Å². The molecule has 0 aliphatic carbocycles. The number of anilines is 1. The maximum atomic E-state index is 12.4. The van der Waals surface area contributed by atoms with Crippen molar-refractivity contribution < 1.29 is 4.79 Å². The van der Waals surface area contributed by atoms with Crippen LogP contribution >= 0.6 is 0 Å². The summed E-state index contributed by atoms with van der Waals surface area (Å²) in [7, 11) is 1.84. The molecule has 5 rings (SSSR count). The smallest absolute Gasteiger partial charge is 0.226 e. The Labute approximate surface area is 168 Å². The van der Waals surface area contributed by atoms with Gasteiger partial charge in [0.15, 0.2) is 0 Å². The molecule has 0 saturated heterocycles. The predicted molar refractivity (Wildman–Crippen MR) is 110 cm³/mol. The van der Waals surface area contributed by atoms with E-state index in [0.717, 1.165) is 34.0 Å². The van der Waals surface area contributed by atoms with Crippen LogP contribution in [0.1, 0.15) is 29.0 Å². The number of fused-ring (bicyclic) bond motifs is 1. The van der Waals surface area contributed by atoms with Crippen LogP contribution in [0.4, 0.5) is 5.82 Å². The van der Waals surface area contributed by atoms with Crippen LogP contribution in [0.2, 0.25) is 0 Å². The molecule has 1 aromatic carbocycles. The fourth-order valence-corrected chi connectivity index (χ4v) is 3.89. The number of aromatic nitrogens is 5. The summed E-state index contributed by atoms with van der Waals surface area (Å²) in [6, 6.07) is 13.9. The second kappa shape index (κ2) is 6.70. The van der Waals surface area contributed by atoms with E-state index < -0.39 is 0 Å². The highest BCUT2D eigenvalue weighted by molar-refractivity contribution is 5.96. The number of nitrogens with one attached hydrogen (secondary N) is 1. The molecule has 0 unspecified atom stereocenters. The van der Waals surface area contributed by atoms with Crippen molar-refractivity contribution in [3.63, 3.8) is 0 Å². The number of hydrogen-bond donors (Lipinski definition) is 1. The minimum absolute atomic E-state index is 0.0265. The van der Waals surface area contributed by atoms with E-state index >= 15 is 0 Å². The average Bonchev–Trinajstić information content (AvgIpc) is 3.34. The largest absolute Gasteiger partial charge is 0.311 e. The Balaban J connectivity index is 1.62. The molecular weight excluding hydrogens is 364 g/mol. The monoisotopic (exact) mass is 384 g/mol. The maximum Gasteiger partial charge on any atom is 0.226 e. The highest BCUT2D eigenvalue weighted by Gasteiger charge is 2.34. The van der Waals surface area contributed by atoms with Crippen molar-refractivity contribution in [1.29, 1.82) is 0 Å². The molecule has 4 heterocycles. The second-order valence-corrected chi connectivity index (χ2v) is 7.31. The lowest BCUT2D eigenvalue weighted by Gasteiger charge is -2.23. The topological polar surface area (TPSA) is 77.6 Å². The van der Waals surface area contributed by atoms with Crippen molar-refractivity contribution in [3.05, 3.63) is 77.7 Å². The fourth-order valence-electron chi connectivity index (χ4n) is 3.89. The molecule has 29 heavy (non-hydrogen) atoms. The number of aryl methyl sites for hydroxylation is 2. The molecule has 0 radical (unpaired) electrons. The van der Waals surface area contributed by atoms with E-state index in [1.807, 2.05) is 54.5 Å². The molecule has 0 spiro atoms. The molecule has 1 amide bonds. The van der Waals surface area contributed by atoms with Crippen LogP contribution in [-0.4, -0.2) is 30.5 Å². The van der Waals surface area contributed by atoms with Gasteiger partial charge in [-0.2, -0.15) is 10.2 Å². The van der Waals surface area contributed by atoms with Crippen LogP contribution in [-0.2, 0) is 11.8 Å². The maximum absolute atomic E-state index is 12.4. The number of nitrogens with zero attached hydrogens (tertiary/aromatic N) is 5. The van der Waals surface area contributed by atoms with Gasteiger partial charge in [-0.25, -0.2) is 4.68 Å². The lowest BCUT2D eigenvalue weighted by atomic mass is 9.86. The molecule has 1 aliphatic heterocycles. The van der Waals surface area contributed by atoms with E-state index in [2.05, 4.69) is 39.6 Å². The third-order valence-corrected chi connectivity index (χ3v) is 5.26. The molecule has 1 aliphatic rings. The zero-order valence-corrected chi connectivity index (χ0v) is 16.2. The van der Waals surface area contributed by atoms with E-state index in [4.69, 9.17) is 0 Å². The van der Waals surface area contributed by atoms with Crippen molar-refractivity contribution in [2.75, 3.05) is 5.32 Å². The summed E-state index contributed by atoms with van der Waals surface area (Å²) in [5.74, 6) is 0.555. The number of hydrogen-bond acceptors (Lipinski definition) is 4. The van der Waals surface area contributed by atoms with E-state index in [9.17, 15) is 4.79 Å². The van der Waals surface area contributed by atoms with Gasteiger partial charge in [-0.3, -0.25) is 14.5 Å². The molecule has 0 saturated carbocycles. The number of pyridine rings is 1. The summed E-state index contributed by atoms with van der Waals surface area (Å²) in [4.78, 5) is 16.9. The lowest BCUT2D eigenvalue weighted by molar-refractivity contribution is -0.116.